The van der Waals surface area contributed by atoms with E-state index < -0.39 is 23.1 Å². The van der Waals surface area contributed by atoms with Crippen LogP contribution in [0.15, 0.2) is 35.3 Å². The molecule has 0 radical (unpaired) electrons. The molecule has 0 saturated heterocycles. The van der Waals surface area contributed by atoms with Crippen LogP contribution in [0.4, 0.5) is 4.79 Å². The highest BCUT2D eigenvalue weighted by molar-refractivity contribution is 5.92. The lowest BCUT2D eigenvalue weighted by Gasteiger charge is -2.19. The number of ether oxygens (including phenoxy) is 1. The number of aromatic nitrogens is 1. The molecule has 0 unspecified atom stereocenters. The summed E-state index contributed by atoms with van der Waals surface area (Å²) in [7, 11) is 0. The Bertz CT molecular complexity index is 890. The zero-order valence-electron chi connectivity index (χ0n) is 14.3. The van der Waals surface area contributed by atoms with Gasteiger partial charge in [-0.3, -0.25) is 4.79 Å². The van der Waals surface area contributed by atoms with Crippen molar-refractivity contribution in [2.75, 3.05) is 6.54 Å². The third kappa shape index (κ3) is 4.94. The predicted octanol–water partition coefficient (Wildman–Crippen LogP) is 2.76. The molecular weight excluding hydrogens is 324 g/mol. The molecule has 1 heterocycles. The molecule has 7 heteroatoms. The average molecular weight is 344 g/mol. The van der Waals surface area contributed by atoms with E-state index in [9.17, 15) is 14.4 Å². The third-order valence-electron chi connectivity index (χ3n) is 3.21. The molecule has 1 aromatic heterocycles. The van der Waals surface area contributed by atoms with E-state index in [1.165, 1.54) is 6.20 Å². The standard InChI is InChI=1S/C18H20N2O5/c1-18(2,3)25-17(24)19-8-4-5-11-6-7-14-12(9-11)15(21)13(10-20-14)16(22)23/h4-7,9-10H,8H2,1-3H3,(H,19,24)(H,20,21)(H,22,23). The molecule has 0 atom stereocenters. The second-order valence-corrected chi connectivity index (χ2v) is 6.43. The van der Waals surface area contributed by atoms with Gasteiger partial charge in [0, 0.05) is 23.6 Å². The van der Waals surface area contributed by atoms with Gasteiger partial charge >= 0.3 is 12.1 Å². The SMILES string of the molecule is CC(C)(C)OC(=O)NCC=Cc1ccc2[nH]cc(C(=O)O)c(=O)c2c1. The van der Waals surface area contributed by atoms with Gasteiger partial charge in [0.1, 0.15) is 11.2 Å². The molecule has 0 aliphatic rings. The molecule has 0 aliphatic heterocycles. The second-order valence-electron chi connectivity index (χ2n) is 6.43. The van der Waals surface area contributed by atoms with Gasteiger partial charge in [0.2, 0.25) is 5.43 Å². The molecule has 1 aromatic carbocycles. The van der Waals surface area contributed by atoms with Gasteiger partial charge < -0.3 is 20.1 Å². The Labute approximate surface area is 144 Å². The number of fused-ring (bicyclic) bond motifs is 1. The molecular formula is C18H20N2O5. The van der Waals surface area contributed by atoms with Crippen molar-refractivity contribution in [3.05, 3.63) is 51.8 Å². The topological polar surface area (TPSA) is 108 Å². The van der Waals surface area contributed by atoms with E-state index in [4.69, 9.17) is 9.84 Å². The monoisotopic (exact) mass is 344 g/mol. The number of carboxylic acids is 1. The highest BCUT2D eigenvalue weighted by Gasteiger charge is 2.15. The molecule has 0 aliphatic carbocycles. The number of benzene rings is 1. The maximum atomic E-state index is 12.2. The first-order chi connectivity index (χ1) is 11.7. The van der Waals surface area contributed by atoms with Crippen molar-refractivity contribution in [2.45, 2.75) is 26.4 Å². The van der Waals surface area contributed by atoms with Crippen molar-refractivity contribution in [1.82, 2.24) is 10.3 Å². The fourth-order valence-corrected chi connectivity index (χ4v) is 2.15. The molecule has 2 rings (SSSR count). The first-order valence-corrected chi connectivity index (χ1v) is 7.69. The number of pyridine rings is 1. The average Bonchev–Trinajstić information content (AvgIpc) is 2.50. The van der Waals surface area contributed by atoms with Crippen LogP contribution in [0.2, 0.25) is 0 Å². The summed E-state index contributed by atoms with van der Waals surface area (Å²) in [5, 5.41) is 11.9. The second kappa shape index (κ2) is 7.21. The molecule has 1 amide bonds. The van der Waals surface area contributed by atoms with Crippen LogP contribution in [0, 0.1) is 0 Å². The van der Waals surface area contributed by atoms with Gasteiger partial charge in [-0.05, 0) is 38.5 Å². The maximum Gasteiger partial charge on any atom is 0.407 e. The Kier molecular flexibility index (Phi) is 5.26. The number of nitrogens with one attached hydrogen (secondary N) is 2. The number of carboxylic acid groups (broad SMARTS) is 1. The minimum absolute atomic E-state index is 0.262. The van der Waals surface area contributed by atoms with Crippen LogP contribution in [0.1, 0.15) is 36.7 Å². The number of aromatic amines is 1. The van der Waals surface area contributed by atoms with Crippen LogP contribution in [0.25, 0.3) is 17.0 Å². The van der Waals surface area contributed by atoms with Crippen molar-refractivity contribution >= 4 is 29.0 Å². The first kappa shape index (κ1) is 18.3. The maximum absolute atomic E-state index is 12.2. The van der Waals surface area contributed by atoms with Crippen LogP contribution < -0.4 is 10.7 Å². The number of rotatable bonds is 4. The fourth-order valence-electron chi connectivity index (χ4n) is 2.15. The number of aromatic carboxylic acids is 1. The van der Waals surface area contributed by atoms with E-state index in [0.29, 0.717) is 16.5 Å². The van der Waals surface area contributed by atoms with Crippen molar-refractivity contribution in [2.24, 2.45) is 0 Å². The normalized spacial score (nSPS) is 11.6. The van der Waals surface area contributed by atoms with Crippen molar-refractivity contribution < 1.29 is 19.4 Å². The van der Waals surface area contributed by atoms with Crippen LogP contribution in [0.3, 0.4) is 0 Å². The molecule has 3 N–H and O–H groups in total. The van der Waals surface area contributed by atoms with Gasteiger partial charge in [0.25, 0.3) is 0 Å². The summed E-state index contributed by atoms with van der Waals surface area (Å²) in [6, 6.07) is 5.08. The number of carbonyl (C=O) groups is 2. The zero-order valence-corrected chi connectivity index (χ0v) is 14.3. The summed E-state index contributed by atoms with van der Waals surface area (Å²) < 4.78 is 5.11. The number of hydrogen-bond acceptors (Lipinski definition) is 4. The van der Waals surface area contributed by atoms with E-state index in [1.54, 1.807) is 51.1 Å². The summed E-state index contributed by atoms with van der Waals surface area (Å²) in [5.74, 6) is -1.27. The molecule has 0 fully saturated rings. The first-order valence-electron chi connectivity index (χ1n) is 7.69. The van der Waals surface area contributed by atoms with Crippen molar-refractivity contribution in [3.63, 3.8) is 0 Å². The minimum Gasteiger partial charge on any atom is -0.477 e. The molecule has 0 saturated carbocycles. The Hall–Kier alpha value is -3.09. The fraction of sp³-hybridized carbons (Fsp3) is 0.278. The molecule has 0 bridgehead atoms. The van der Waals surface area contributed by atoms with Crippen molar-refractivity contribution in [3.8, 4) is 0 Å². The van der Waals surface area contributed by atoms with Gasteiger partial charge in [-0.1, -0.05) is 18.2 Å². The van der Waals surface area contributed by atoms with Crippen LogP contribution in [-0.2, 0) is 4.74 Å². The lowest BCUT2D eigenvalue weighted by Crippen LogP contribution is -2.32. The number of alkyl carbamates (subject to hydrolysis) is 1. The summed E-state index contributed by atoms with van der Waals surface area (Å²) in [4.78, 5) is 37.5. The summed E-state index contributed by atoms with van der Waals surface area (Å²) in [6.07, 6.45) is 4.11. The number of carbonyl (C=O) groups excluding carboxylic acids is 1. The zero-order chi connectivity index (χ0) is 18.6. The Morgan fingerprint density at radius 3 is 2.68 bits per heavy atom. The highest BCUT2D eigenvalue weighted by atomic mass is 16.6. The third-order valence-corrected chi connectivity index (χ3v) is 3.21. The van der Waals surface area contributed by atoms with Gasteiger partial charge in [0.15, 0.2) is 0 Å². The van der Waals surface area contributed by atoms with Crippen LogP contribution in [0.5, 0.6) is 0 Å². The summed E-state index contributed by atoms with van der Waals surface area (Å²) in [6.45, 7) is 5.60. The largest absolute Gasteiger partial charge is 0.477 e. The molecule has 132 valence electrons. The molecule has 2 aromatic rings. The molecule has 0 spiro atoms. The van der Waals surface area contributed by atoms with Crippen LogP contribution >= 0.6 is 0 Å². The van der Waals surface area contributed by atoms with Gasteiger partial charge in [0.05, 0.1) is 0 Å². The predicted molar refractivity (Wildman–Crippen MR) is 94.8 cm³/mol. The number of amides is 1. The van der Waals surface area contributed by atoms with E-state index in [-0.39, 0.29) is 12.1 Å². The van der Waals surface area contributed by atoms with E-state index in [0.717, 1.165) is 0 Å². The smallest absolute Gasteiger partial charge is 0.407 e. The van der Waals surface area contributed by atoms with Gasteiger partial charge in [-0.2, -0.15) is 0 Å². The minimum atomic E-state index is -1.27. The number of H-pyrrole nitrogens is 1. The quantitative estimate of drug-likeness (QED) is 0.790. The van der Waals surface area contributed by atoms with Crippen molar-refractivity contribution in [1.29, 1.82) is 0 Å². The lowest BCUT2D eigenvalue weighted by molar-refractivity contribution is 0.0533. The van der Waals surface area contributed by atoms with Gasteiger partial charge in [-0.15, -0.1) is 0 Å². The number of hydrogen-bond donors (Lipinski definition) is 3. The Morgan fingerprint density at radius 1 is 1.32 bits per heavy atom. The van der Waals surface area contributed by atoms with E-state index >= 15 is 0 Å². The van der Waals surface area contributed by atoms with E-state index in [2.05, 4.69) is 10.3 Å². The highest BCUT2D eigenvalue weighted by Crippen LogP contribution is 2.12. The van der Waals surface area contributed by atoms with Crippen LogP contribution in [-0.4, -0.2) is 34.3 Å². The molecule has 7 nitrogen and oxygen atoms in total. The summed E-state index contributed by atoms with van der Waals surface area (Å²) in [5.41, 5.74) is -0.135. The Balaban J connectivity index is 2.11. The Morgan fingerprint density at radius 2 is 2.04 bits per heavy atom. The summed E-state index contributed by atoms with van der Waals surface area (Å²) >= 11 is 0. The molecule has 25 heavy (non-hydrogen) atoms. The van der Waals surface area contributed by atoms with Gasteiger partial charge in [-0.25, -0.2) is 9.59 Å². The lowest BCUT2D eigenvalue weighted by atomic mass is 10.1. The van der Waals surface area contributed by atoms with E-state index in [1.807, 2.05) is 0 Å².